The first-order valence-electron chi connectivity index (χ1n) is 7.65. The van der Waals surface area contributed by atoms with Crippen molar-refractivity contribution in [2.24, 2.45) is 0 Å². The number of imidazole rings is 1. The second-order valence-corrected chi connectivity index (χ2v) is 7.14. The molecule has 0 aliphatic heterocycles. The highest BCUT2D eigenvalue weighted by Crippen LogP contribution is 2.19. The zero-order valence-electron chi connectivity index (χ0n) is 13.8. The summed E-state index contributed by atoms with van der Waals surface area (Å²) < 4.78 is 2.82. The van der Waals surface area contributed by atoms with Gasteiger partial charge in [-0.15, -0.1) is 11.3 Å². The third-order valence-electron chi connectivity index (χ3n) is 3.40. The first-order valence-corrected chi connectivity index (χ1v) is 9.32. The van der Waals surface area contributed by atoms with Crippen LogP contribution in [0.3, 0.4) is 0 Å². The van der Waals surface area contributed by atoms with Crippen molar-refractivity contribution < 1.29 is 4.79 Å². The molecule has 2 N–H and O–H groups in total. The Bertz CT molecular complexity index is 890. The van der Waals surface area contributed by atoms with Gasteiger partial charge in [0.2, 0.25) is 0 Å². The minimum atomic E-state index is -0.0777. The maximum Gasteiger partial charge on any atom is 0.261 e. The van der Waals surface area contributed by atoms with Gasteiger partial charge in [0.15, 0.2) is 0 Å². The van der Waals surface area contributed by atoms with E-state index in [-0.39, 0.29) is 5.91 Å². The molecule has 130 valence electrons. The van der Waals surface area contributed by atoms with Crippen LogP contribution < -0.4 is 10.6 Å². The van der Waals surface area contributed by atoms with Crippen molar-refractivity contribution >= 4 is 39.0 Å². The Kier molecular flexibility index (Phi) is 5.44. The van der Waals surface area contributed by atoms with Gasteiger partial charge in [0.05, 0.1) is 4.88 Å². The van der Waals surface area contributed by atoms with Gasteiger partial charge in [-0.1, -0.05) is 0 Å². The predicted molar refractivity (Wildman–Crippen MR) is 101 cm³/mol. The molecule has 7 nitrogen and oxygen atoms in total. The van der Waals surface area contributed by atoms with Gasteiger partial charge < -0.3 is 10.6 Å². The molecule has 3 aromatic rings. The van der Waals surface area contributed by atoms with E-state index in [1.807, 2.05) is 36.1 Å². The Morgan fingerprint density at radius 2 is 2.12 bits per heavy atom. The van der Waals surface area contributed by atoms with E-state index in [1.165, 1.54) is 11.3 Å². The number of aryl methyl sites for hydroxylation is 2. The molecule has 0 atom stereocenters. The van der Waals surface area contributed by atoms with E-state index in [9.17, 15) is 4.79 Å². The van der Waals surface area contributed by atoms with Crippen LogP contribution in [0.25, 0.3) is 5.82 Å². The maximum atomic E-state index is 12.0. The Morgan fingerprint density at radius 1 is 1.28 bits per heavy atom. The number of aromatic nitrogens is 4. The van der Waals surface area contributed by atoms with Crippen molar-refractivity contribution in [3.63, 3.8) is 0 Å². The summed E-state index contributed by atoms with van der Waals surface area (Å²) in [4.78, 5) is 25.7. The zero-order chi connectivity index (χ0) is 17.8. The Labute approximate surface area is 157 Å². The van der Waals surface area contributed by atoms with Crippen molar-refractivity contribution in [3.05, 3.63) is 50.9 Å². The molecule has 0 aliphatic carbocycles. The molecule has 3 rings (SSSR count). The molecule has 0 fully saturated rings. The fourth-order valence-electron chi connectivity index (χ4n) is 2.27. The van der Waals surface area contributed by atoms with Gasteiger partial charge in [-0.25, -0.2) is 15.0 Å². The number of amides is 1. The van der Waals surface area contributed by atoms with Gasteiger partial charge in [0.25, 0.3) is 5.91 Å². The molecule has 0 unspecified atom stereocenters. The second kappa shape index (κ2) is 7.75. The molecule has 25 heavy (non-hydrogen) atoms. The average molecular weight is 421 g/mol. The van der Waals surface area contributed by atoms with Crippen LogP contribution in [0.1, 0.15) is 21.3 Å². The predicted octanol–water partition coefficient (Wildman–Crippen LogP) is 2.95. The fraction of sp³-hybridized carbons (Fsp3) is 0.250. The third-order valence-corrected chi connectivity index (χ3v) is 5.09. The first-order chi connectivity index (χ1) is 12.0. The summed E-state index contributed by atoms with van der Waals surface area (Å²) in [5.74, 6) is 2.92. The molecular weight excluding hydrogens is 404 g/mol. The zero-order valence-corrected chi connectivity index (χ0v) is 16.2. The van der Waals surface area contributed by atoms with Crippen LogP contribution >= 0.6 is 27.3 Å². The van der Waals surface area contributed by atoms with Gasteiger partial charge in [-0.3, -0.25) is 9.36 Å². The molecule has 0 radical (unpaired) electrons. The average Bonchev–Trinajstić information content (AvgIpc) is 3.19. The molecule has 9 heteroatoms. The lowest BCUT2D eigenvalue weighted by Crippen LogP contribution is -2.28. The van der Waals surface area contributed by atoms with Crippen LogP contribution in [0.5, 0.6) is 0 Å². The van der Waals surface area contributed by atoms with E-state index in [1.54, 1.807) is 12.3 Å². The van der Waals surface area contributed by atoms with E-state index in [4.69, 9.17) is 0 Å². The minimum Gasteiger partial charge on any atom is -0.368 e. The quantitative estimate of drug-likeness (QED) is 0.598. The lowest BCUT2D eigenvalue weighted by atomic mass is 10.4. The topological polar surface area (TPSA) is 84.7 Å². The molecule has 0 aliphatic rings. The van der Waals surface area contributed by atoms with Gasteiger partial charge in [-0.05, 0) is 35.8 Å². The van der Waals surface area contributed by atoms with Crippen LogP contribution in [-0.2, 0) is 0 Å². The second-order valence-electron chi connectivity index (χ2n) is 5.31. The largest absolute Gasteiger partial charge is 0.368 e. The van der Waals surface area contributed by atoms with Crippen LogP contribution in [0.15, 0.2) is 34.4 Å². The molecule has 0 bridgehead atoms. The molecule has 0 saturated heterocycles. The SMILES string of the molecule is Cc1nc(NCCNC(=O)c2cc(Br)cs2)cc(-n2ccnc2C)n1. The van der Waals surface area contributed by atoms with E-state index in [0.717, 1.165) is 16.1 Å². The molecule has 3 heterocycles. The smallest absolute Gasteiger partial charge is 0.261 e. The summed E-state index contributed by atoms with van der Waals surface area (Å²) in [6.45, 7) is 4.83. The molecule has 0 saturated carbocycles. The van der Waals surface area contributed by atoms with Crippen molar-refractivity contribution in [3.8, 4) is 5.82 Å². The lowest BCUT2D eigenvalue weighted by Gasteiger charge is -2.10. The highest BCUT2D eigenvalue weighted by atomic mass is 79.9. The van der Waals surface area contributed by atoms with Crippen molar-refractivity contribution in [1.82, 2.24) is 24.8 Å². The van der Waals surface area contributed by atoms with Gasteiger partial charge in [-0.2, -0.15) is 0 Å². The number of hydrogen-bond donors (Lipinski definition) is 2. The summed E-state index contributed by atoms with van der Waals surface area (Å²) in [6, 6.07) is 3.67. The summed E-state index contributed by atoms with van der Waals surface area (Å²) in [6.07, 6.45) is 3.60. The Morgan fingerprint density at radius 3 is 2.80 bits per heavy atom. The summed E-state index contributed by atoms with van der Waals surface area (Å²) in [7, 11) is 0. The van der Waals surface area contributed by atoms with Gasteiger partial charge in [0.1, 0.15) is 23.3 Å². The maximum absolute atomic E-state index is 12.0. The Hall–Kier alpha value is -2.26. The first kappa shape index (κ1) is 17.6. The van der Waals surface area contributed by atoms with Crippen molar-refractivity contribution in [2.75, 3.05) is 18.4 Å². The number of carbonyl (C=O) groups is 1. The van der Waals surface area contributed by atoms with E-state index in [2.05, 4.69) is 41.5 Å². The minimum absolute atomic E-state index is 0.0777. The molecule has 3 aromatic heterocycles. The van der Waals surface area contributed by atoms with Crippen LogP contribution in [0.2, 0.25) is 0 Å². The number of nitrogens with one attached hydrogen (secondary N) is 2. The number of anilines is 1. The molecule has 1 amide bonds. The molecule has 0 spiro atoms. The highest BCUT2D eigenvalue weighted by Gasteiger charge is 2.08. The van der Waals surface area contributed by atoms with E-state index < -0.39 is 0 Å². The summed E-state index contributed by atoms with van der Waals surface area (Å²) in [5.41, 5.74) is 0. The fourth-order valence-corrected chi connectivity index (χ4v) is 3.61. The van der Waals surface area contributed by atoms with Crippen molar-refractivity contribution in [2.45, 2.75) is 13.8 Å². The monoisotopic (exact) mass is 420 g/mol. The van der Waals surface area contributed by atoms with E-state index in [0.29, 0.717) is 29.6 Å². The third kappa shape index (κ3) is 4.43. The van der Waals surface area contributed by atoms with Gasteiger partial charge in [0, 0.05) is 41.4 Å². The van der Waals surface area contributed by atoms with Crippen LogP contribution in [0.4, 0.5) is 5.82 Å². The van der Waals surface area contributed by atoms with Gasteiger partial charge >= 0.3 is 0 Å². The normalized spacial score (nSPS) is 10.7. The van der Waals surface area contributed by atoms with Crippen LogP contribution in [-0.4, -0.2) is 38.5 Å². The standard InChI is InChI=1S/C16H17BrN6OS/c1-10-21-14(8-15(22-10)23-6-5-18-11(23)2)19-3-4-20-16(24)13-7-12(17)9-25-13/h5-9H,3-4H2,1-2H3,(H,20,24)(H,19,21,22). The summed E-state index contributed by atoms with van der Waals surface area (Å²) in [5, 5.41) is 7.98. The number of thiophene rings is 1. The van der Waals surface area contributed by atoms with Crippen molar-refractivity contribution in [1.29, 1.82) is 0 Å². The number of nitrogens with zero attached hydrogens (tertiary/aromatic N) is 4. The molecular formula is C16H17BrN6OS. The van der Waals surface area contributed by atoms with Crippen LogP contribution in [0, 0.1) is 13.8 Å². The summed E-state index contributed by atoms with van der Waals surface area (Å²) >= 11 is 4.75. The Balaban J connectivity index is 1.57. The number of rotatable bonds is 6. The lowest BCUT2D eigenvalue weighted by molar-refractivity contribution is 0.0959. The number of carbonyl (C=O) groups excluding carboxylic acids is 1. The van der Waals surface area contributed by atoms with E-state index >= 15 is 0 Å². The number of halogens is 1. The highest BCUT2D eigenvalue weighted by molar-refractivity contribution is 9.10. The molecule has 0 aromatic carbocycles. The number of hydrogen-bond acceptors (Lipinski definition) is 6.